The molecule has 0 saturated heterocycles. The van der Waals surface area contributed by atoms with Gasteiger partial charge in [-0.05, 0) is 57.3 Å². The molecule has 3 nitrogen and oxygen atoms in total. The first-order valence-electron chi connectivity index (χ1n) is 8.31. The summed E-state index contributed by atoms with van der Waals surface area (Å²) in [7, 11) is 0. The average Bonchev–Trinajstić information content (AvgIpc) is 2.54. The highest BCUT2D eigenvalue weighted by Gasteiger charge is 2.42. The van der Waals surface area contributed by atoms with Crippen molar-refractivity contribution >= 4 is 5.78 Å². The van der Waals surface area contributed by atoms with Gasteiger partial charge in [0.15, 0.2) is 5.78 Å². The molecule has 3 heteroatoms. The molecule has 1 aliphatic rings. The van der Waals surface area contributed by atoms with Crippen molar-refractivity contribution in [1.82, 2.24) is 9.88 Å². The van der Waals surface area contributed by atoms with E-state index in [0.29, 0.717) is 5.78 Å². The summed E-state index contributed by atoms with van der Waals surface area (Å²) in [5, 5.41) is 0. The Morgan fingerprint density at radius 3 is 2.71 bits per heavy atom. The molecule has 21 heavy (non-hydrogen) atoms. The van der Waals surface area contributed by atoms with Gasteiger partial charge in [-0.3, -0.25) is 14.7 Å². The maximum atomic E-state index is 13.3. The molecule has 0 saturated carbocycles. The summed E-state index contributed by atoms with van der Waals surface area (Å²) < 4.78 is 0. The molecule has 1 aromatic heterocycles. The summed E-state index contributed by atoms with van der Waals surface area (Å²) in [6.07, 6.45) is 5.77. The number of Topliss-reactive ketones (excluding diaryl/α,β-unsaturated/α-hetero) is 1. The lowest BCUT2D eigenvalue weighted by molar-refractivity contribution is -0.132. The molecule has 0 aromatic carbocycles. The van der Waals surface area contributed by atoms with Gasteiger partial charge in [0.25, 0.3) is 0 Å². The van der Waals surface area contributed by atoms with Gasteiger partial charge >= 0.3 is 0 Å². The van der Waals surface area contributed by atoms with E-state index in [9.17, 15) is 4.79 Å². The number of hydrogen-bond donors (Lipinski definition) is 0. The maximum Gasteiger partial charge on any atom is 0.161 e. The molecule has 2 atom stereocenters. The molecular formula is C18H28N2O. The SMILES string of the molecule is CCN(CC)C(C)(CC)C(=O)C1CCCc2cccnc21. The van der Waals surface area contributed by atoms with Crippen LogP contribution >= 0.6 is 0 Å². The summed E-state index contributed by atoms with van der Waals surface area (Å²) >= 11 is 0. The Labute approximate surface area is 128 Å². The predicted octanol–water partition coefficient (Wildman–Crippen LogP) is 3.58. The van der Waals surface area contributed by atoms with Crippen molar-refractivity contribution in [2.24, 2.45) is 0 Å². The van der Waals surface area contributed by atoms with E-state index >= 15 is 0 Å². The second-order valence-electron chi connectivity index (χ2n) is 6.16. The molecule has 0 radical (unpaired) electrons. The molecule has 1 aliphatic carbocycles. The van der Waals surface area contributed by atoms with Gasteiger partial charge in [0, 0.05) is 6.20 Å². The zero-order chi connectivity index (χ0) is 15.5. The number of ketones is 1. The Morgan fingerprint density at radius 2 is 2.10 bits per heavy atom. The zero-order valence-corrected chi connectivity index (χ0v) is 13.9. The van der Waals surface area contributed by atoms with Crippen LogP contribution in [0.15, 0.2) is 18.3 Å². The smallest absolute Gasteiger partial charge is 0.161 e. The highest BCUT2D eigenvalue weighted by molar-refractivity contribution is 5.94. The fraction of sp³-hybridized carbons (Fsp3) is 0.667. The van der Waals surface area contributed by atoms with Gasteiger partial charge in [0.05, 0.1) is 17.2 Å². The Morgan fingerprint density at radius 1 is 1.38 bits per heavy atom. The van der Waals surface area contributed by atoms with E-state index in [1.807, 2.05) is 12.3 Å². The summed E-state index contributed by atoms with van der Waals surface area (Å²) in [4.78, 5) is 20.1. The normalized spacial score (nSPS) is 20.9. The lowest BCUT2D eigenvalue weighted by atomic mass is 9.76. The zero-order valence-electron chi connectivity index (χ0n) is 13.9. The Kier molecular flexibility index (Phi) is 5.15. The molecule has 2 rings (SSSR count). The van der Waals surface area contributed by atoms with E-state index in [1.165, 1.54) is 5.56 Å². The summed E-state index contributed by atoms with van der Waals surface area (Å²) in [5.74, 6) is 0.328. The number of pyridine rings is 1. The second kappa shape index (κ2) is 6.69. The van der Waals surface area contributed by atoms with Gasteiger partial charge in [-0.1, -0.05) is 26.8 Å². The van der Waals surface area contributed by atoms with Crippen LogP contribution in [0.3, 0.4) is 0 Å². The van der Waals surface area contributed by atoms with Crippen LogP contribution in [0.25, 0.3) is 0 Å². The fourth-order valence-electron chi connectivity index (χ4n) is 3.72. The van der Waals surface area contributed by atoms with Crippen LogP contribution in [0.2, 0.25) is 0 Å². The van der Waals surface area contributed by atoms with Crippen LogP contribution in [0.1, 0.15) is 64.1 Å². The number of rotatable bonds is 6. The third-order valence-electron chi connectivity index (χ3n) is 5.19. The fourth-order valence-corrected chi connectivity index (χ4v) is 3.72. The second-order valence-corrected chi connectivity index (χ2v) is 6.16. The standard InChI is InChI=1S/C18H28N2O/c1-5-18(4,20(6-2)7-3)17(21)15-12-8-10-14-11-9-13-19-16(14)15/h9,11,13,15H,5-8,10,12H2,1-4H3. The van der Waals surface area contributed by atoms with Crippen molar-refractivity contribution in [1.29, 1.82) is 0 Å². The first-order valence-corrected chi connectivity index (χ1v) is 8.31. The predicted molar refractivity (Wildman–Crippen MR) is 86.5 cm³/mol. The van der Waals surface area contributed by atoms with E-state index in [-0.39, 0.29) is 11.5 Å². The highest BCUT2D eigenvalue weighted by atomic mass is 16.1. The minimum Gasteiger partial charge on any atom is -0.297 e. The van der Waals surface area contributed by atoms with Gasteiger partial charge in [-0.2, -0.15) is 0 Å². The van der Waals surface area contributed by atoms with E-state index in [0.717, 1.165) is 44.5 Å². The van der Waals surface area contributed by atoms with Crippen molar-refractivity contribution < 1.29 is 4.79 Å². The van der Waals surface area contributed by atoms with Crippen molar-refractivity contribution in [2.45, 2.75) is 64.8 Å². The number of nitrogens with zero attached hydrogens (tertiary/aromatic N) is 2. The van der Waals surface area contributed by atoms with Crippen LogP contribution in [-0.2, 0) is 11.2 Å². The third-order valence-corrected chi connectivity index (χ3v) is 5.19. The Hall–Kier alpha value is -1.22. The molecule has 2 unspecified atom stereocenters. The van der Waals surface area contributed by atoms with Crippen molar-refractivity contribution in [3.8, 4) is 0 Å². The van der Waals surface area contributed by atoms with E-state index in [1.54, 1.807) is 0 Å². The van der Waals surface area contributed by atoms with Gasteiger partial charge in [0.1, 0.15) is 0 Å². The van der Waals surface area contributed by atoms with Crippen LogP contribution in [-0.4, -0.2) is 34.3 Å². The first kappa shape index (κ1) is 16.2. The molecule has 0 N–H and O–H groups in total. The summed E-state index contributed by atoms with van der Waals surface area (Å²) in [5.41, 5.74) is 1.92. The maximum absolute atomic E-state index is 13.3. The summed E-state index contributed by atoms with van der Waals surface area (Å²) in [6, 6.07) is 4.11. The number of hydrogen-bond acceptors (Lipinski definition) is 3. The monoisotopic (exact) mass is 288 g/mol. The van der Waals surface area contributed by atoms with Gasteiger partial charge in [0.2, 0.25) is 0 Å². The van der Waals surface area contributed by atoms with E-state index in [2.05, 4.69) is 43.6 Å². The first-order chi connectivity index (χ1) is 10.1. The number of carbonyl (C=O) groups excluding carboxylic acids is 1. The molecule has 0 bridgehead atoms. The van der Waals surface area contributed by atoms with Crippen LogP contribution in [0, 0.1) is 0 Å². The Bertz CT molecular complexity index is 496. The van der Waals surface area contributed by atoms with E-state index in [4.69, 9.17) is 0 Å². The van der Waals surface area contributed by atoms with Crippen molar-refractivity contribution in [2.75, 3.05) is 13.1 Å². The van der Waals surface area contributed by atoms with E-state index < -0.39 is 0 Å². The molecule has 1 aromatic rings. The van der Waals surface area contributed by atoms with Crippen molar-refractivity contribution in [3.05, 3.63) is 29.6 Å². The van der Waals surface area contributed by atoms with Crippen LogP contribution in [0.4, 0.5) is 0 Å². The van der Waals surface area contributed by atoms with Crippen LogP contribution < -0.4 is 0 Å². The highest BCUT2D eigenvalue weighted by Crippen LogP contribution is 2.36. The minimum atomic E-state index is -0.375. The minimum absolute atomic E-state index is 0.0273. The molecule has 0 spiro atoms. The topological polar surface area (TPSA) is 33.2 Å². The average molecular weight is 288 g/mol. The number of likely N-dealkylation sites (N-methyl/N-ethyl adjacent to an activating group) is 1. The number of fused-ring (bicyclic) bond motifs is 1. The third kappa shape index (κ3) is 2.89. The Balaban J connectivity index is 2.35. The number of carbonyl (C=O) groups is 1. The van der Waals surface area contributed by atoms with Crippen LogP contribution in [0.5, 0.6) is 0 Å². The lowest BCUT2D eigenvalue weighted by Gasteiger charge is -2.41. The molecule has 0 aliphatic heterocycles. The molecule has 0 fully saturated rings. The molecule has 0 amide bonds. The van der Waals surface area contributed by atoms with Gasteiger partial charge in [-0.25, -0.2) is 0 Å². The quantitative estimate of drug-likeness (QED) is 0.802. The molecule has 1 heterocycles. The molecular weight excluding hydrogens is 260 g/mol. The van der Waals surface area contributed by atoms with Gasteiger partial charge < -0.3 is 0 Å². The van der Waals surface area contributed by atoms with Gasteiger partial charge in [-0.15, -0.1) is 0 Å². The number of aryl methyl sites for hydroxylation is 1. The lowest BCUT2D eigenvalue weighted by Crippen LogP contribution is -2.54. The van der Waals surface area contributed by atoms with Crippen molar-refractivity contribution in [3.63, 3.8) is 0 Å². The number of aromatic nitrogens is 1. The molecule has 116 valence electrons. The summed E-state index contributed by atoms with van der Waals surface area (Å²) in [6.45, 7) is 10.3. The largest absolute Gasteiger partial charge is 0.297 e.